The molecule has 0 heterocycles. The molecular formula is C19H27IO4. The Labute approximate surface area is 158 Å². The first-order chi connectivity index (χ1) is 11.7. The Balaban J connectivity index is 2.34. The standard InChI is InChI=1S/C19H27IO4/c1-16(14-23-15-17-7-4-3-5-8-17)13-18(9-6-11-20)24-12-10-19(21)22-2/h3-5,7-8,10,12,16,18H,6,9,11,13-15H2,1-2H3/b12-10+/t16-,18-/m0/s1. The first-order valence-electron chi connectivity index (χ1n) is 8.23. The van der Waals surface area contributed by atoms with E-state index in [2.05, 4.69) is 46.4 Å². The highest BCUT2D eigenvalue weighted by atomic mass is 127. The molecule has 0 aliphatic rings. The van der Waals surface area contributed by atoms with Crippen LogP contribution >= 0.6 is 22.6 Å². The predicted octanol–water partition coefficient (Wildman–Crippen LogP) is 4.52. The molecule has 24 heavy (non-hydrogen) atoms. The zero-order valence-electron chi connectivity index (χ0n) is 14.4. The Morgan fingerprint density at radius 1 is 1.29 bits per heavy atom. The van der Waals surface area contributed by atoms with Crippen LogP contribution in [0.1, 0.15) is 31.7 Å². The lowest BCUT2D eigenvalue weighted by Gasteiger charge is -2.20. The fourth-order valence-corrected chi connectivity index (χ4v) is 2.73. The topological polar surface area (TPSA) is 44.8 Å². The van der Waals surface area contributed by atoms with Crippen molar-refractivity contribution in [1.29, 1.82) is 0 Å². The lowest BCUT2D eigenvalue weighted by Crippen LogP contribution is -2.18. The maximum Gasteiger partial charge on any atom is 0.333 e. The molecule has 5 heteroatoms. The van der Waals surface area contributed by atoms with Crippen LogP contribution in [-0.2, 0) is 25.6 Å². The van der Waals surface area contributed by atoms with E-state index < -0.39 is 5.97 Å². The molecule has 0 fully saturated rings. The zero-order valence-corrected chi connectivity index (χ0v) is 16.6. The quantitative estimate of drug-likeness (QED) is 0.156. The third-order valence-electron chi connectivity index (χ3n) is 3.52. The fourth-order valence-electron chi connectivity index (χ4n) is 2.29. The van der Waals surface area contributed by atoms with Gasteiger partial charge in [-0.1, -0.05) is 59.8 Å². The van der Waals surface area contributed by atoms with E-state index >= 15 is 0 Å². The minimum atomic E-state index is -0.401. The third kappa shape index (κ3) is 9.93. The summed E-state index contributed by atoms with van der Waals surface area (Å²) in [5, 5.41) is 0. The number of hydrogen-bond acceptors (Lipinski definition) is 4. The van der Waals surface area contributed by atoms with Gasteiger partial charge in [0, 0.05) is 6.61 Å². The predicted molar refractivity (Wildman–Crippen MR) is 104 cm³/mol. The number of halogens is 1. The van der Waals surface area contributed by atoms with Crippen LogP contribution < -0.4 is 0 Å². The molecule has 2 atom stereocenters. The lowest BCUT2D eigenvalue weighted by molar-refractivity contribution is -0.135. The van der Waals surface area contributed by atoms with E-state index in [0.717, 1.165) is 23.7 Å². The van der Waals surface area contributed by atoms with Crippen molar-refractivity contribution in [2.45, 2.75) is 38.9 Å². The van der Waals surface area contributed by atoms with Crippen LogP contribution in [-0.4, -0.2) is 30.2 Å². The molecule has 0 aliphatic carbocycles. The molecule has 0 bridgehead atoms. The molecular weight excluding hydrogens is 419 g/mol. The summed E-state index contributed by atoms with van der Waals surface area (Å²) in [7, 11) is 1.35. The summed E-state index contributed by atoms with van der Waals surface area (Å²) in [6.45, 7) is 3.49. The molecule has 0 unspecified atom stereocenters. The molecule has 1 rings (SSSR count). The van der Waals surface area contributed by atoms with E-state index in [-0.39, 0.29) is 6.10 Å². The Morgan fingerprint density at radius 2 is 2.04 bits per heavy atom. The van der Waals surface area contributed by atoms with Crippen molar-refractivity contribution in [3.63, 3.8) is 0 Å². The van der Waals surface area contributed by atoms with Gasteiger partial charge in [0.2, 0.25) is 0 Å². The molecule has 0 N–H and O–H groups in total. The van der Waals surface area contributed by atoms with Crippen molar-refractivity contribution in [3.8, 4) is 0 Å². The number of rotatable bonds is 12. The number of methoxy groups -OCH3 is 1. The Hall–Kier alpha value is -1.08. The fraction of sp³-hybridized carbons (Fsp3) is 0.526. The number of alkyl halides is 1. The molecule has 1 aromatic rings. The number of hydrogen-bond donors (Lipinski definition) is 0. The van der Waals surface area contributed by atoms with Crippen LogP contribution in [0.25, 0.3) is 0 Å². The number of esters is 1. The number of benzene rings is 1. The normalized spacial score (nSPS) is 13.6. The average Bonchev–Trinajstić information content (AvgIpc) is 2.60. The molecule has 4 nitrogen and oxygen atoms in total. The maximum absolute atomic E-state index is 11.1. The van der Waals surface area contributed by atoms with Crippen LogP contribution in [0.4, 0.5) is 0 Å². The van der Waals surface area contributed by atoms with Crippen LogP contribution in [0.3, 0.4) is 0 Å². The minimum Gasteiger partial charge on any atom is -0.498 e. The van der Waals surface area contributed by atoms with Crippen LogP contribution in [0, 0.1) is 5.92 Å². The van der Waals surface area contributed by atoms with Crippen molar-refractivity contribution in [3.05, 3.63) is 48.2 Å². The molecule has 0 spiro atoms. The smallest absolute Gasteiger partial charge is 0.333 e. The zero-order chi connectivity index (χ0) is 17.6. The van der Waals surface area contributed by atoms with E-state index in [1.54, 1.807) is 0 Å². The molecule has 134 valence electrons. The van der Waals surface area contributed by atoms with Gasteiger partial charge in [0.05, 0.1) is 32.2 Å². The van der Waals surface area contributed by atoms with Gasteiger partial charge in [-0.25, -0.2) is 4.79 Å². The summed E-state index contributed by atoms with van der Waals surface area (Å²) in [5.41, 5.74) is 1.18. The van der Waals surface area contributed by atoms with Gasteiger partial charge in [0.15, 0.2) is 0 Å². The highest BCUT2D eigenvalue weighted by molar-refractivity contribution is 14.1. The molecule has 0 radical (unpaired) electrons. The van der Waals surface area contributed by atoms with Gasteiger partial charge in [-0.15, -0.1) is 0 Å². The number of carbonyl (C=O) groups excluding carboxylic acids is 1. The van der Waals surface area contributed by atoms with E-state index in [0.29, 0.717) is 19.1 Å². The van der Waals surface area contributed by atoms with Crippen molar-refractivity contribution in [2.75, 3.05) is 18.1 Å². The minimum absolute atomic E-state index is 0.0935. The highest BCUT2D eigenvalue weighted by Gasteiger charge is 2.14. The van der Waals surface area contributed by atoms with Gasteiger partial charge in [-0.05, 0) is 35.2 Å². The molecule has 0 saturated carbocycles. The van der Waals surface area contributed by atoms with Gasteiger partial charge in [-0.3, -0.25) is 0 Å². The van der Waals surface area contributed by atoms with E-state index in [1.807, 2.05) is 18.2 Å². The molecule has 0 aliphatic heterocycles. The summed E-state index contributed by atoms with van der Waals surface area (Å²) >= 11 is 2.37. The summed E-state index contributed by atoms with van der Waals surface area (Å²) in [6, 6.07) is 10.2. The van der Waals surface area contributed by atoms with Crippen LogP contribution in [0.5, 0.6) is 0 Å². The van der Waals surface area contributed by atoms with Crippen LogP contribution in [0.2, 0.25) is 0 Å². The van der Waals surface area contributed by atoms with Gasteiger partial charge >= 0.3 is 5.97 Å². The van der Waals surface area contributed by atoms with Crippen molar-refractivity contribution >= 4 is 28.6 Å². The van der Waals surface area contributed by atoms with Crippen molar-refractivity contribution in [1.82, 2.24) is 0 Å². The average molecular weight is 446 g/mol. The summed E-state index contributed by atoms with van der Waals surface area (Å²) in [5.74, 6) is -0.0127. The molecule has 0 aromatic heterocycles. The third-order valence-corrected chi connectivity index (χ3v) is 4.28. The SMILES string of the molecule is COC(=O)/C=C/O[C@@H](CCCI)C[C@H](C)COCc1ccccc1. The second-order valence-electron chi connectivity index (χ2n) is 5.76. The Kier molecular flexibility index (Phi) is 11.6. The maximum atomic E-state index is 11.1. The number of ether oxygens (including phenoxy) is 3. The number of carbonyl (C=O) groups is 1. The second kappa shape index (κ2) is 13.2. The Bertz CT molecular complexity index is 476. The van der Waals surface area contributed by atoms with Gasteiger partial charge in [0.1, 0.15) is 0 Å². The van der Waals surface area contributed by atoms with Crippen LogP contribution in [0.15, 0.2) is 42.7 Å². The highest BCUT2D eigenvalue weighted by Crippen LogP contribution is 2.16. The largest absolute Gasteiger partial charge is 0.498 e. The van der Waals surface area contributed by atoms with Crippen molar-refractivity contribution in [2.24, 2.45) is 5.92 Å². The Morgan fingerprint density at radius 3 is 2.71 bits per heavy atom. The summed E-state index contributed by atoms with van der Waals surface area (Å²) < 4.78 is 17.2. The lowest BCUT2D eigenvalue weighted by atomic mass is 10.0. The van der Waals surface area contributed by atoms with Crippen molar-refractivity contribution < 1.29 is 19.0 Å². The van der Waals surface area contributed by atoms with Gasteiger partial charge in [0.25, 0.3) is 0 Å². The second-order valence-corrected chi connectivity index (χ2v) is 6.84. The molecule has 0 saturated heterocycles. The van der Waals surface area contributed by atoms with E-state index in [4.69, 9.17) is 9.47 Å². The van der Waals surface area contributed by atoms with Gasteiger partial charge < -0.3 is 14.2 Å². The van der Waals surface area contributed by atoms with E-state index in [9.17, 15) is 4.79 Å². The van der Waals surface area contributed by atoms with E-state index in [1.165, 1.54) is 25.0 Å². The summed E-state index contributed by atoms with van der Waals surface area (Å²) in [4.78, 5) is 11.1. The van der Waals surface area contributed by atoms with Gasteiger partial charge in [-0.2, -0.15) is 0 Å². The monoisotopic (exact) mass is 446 g/mol. The first-order valence-corrected chi connectivity index (χ1v) is 9.75. The summed E-state index contributed by atoms with van der Waals surface area (Å²) in [6.07, 6.45) is 5.81. The first kappa shape index (κ1) is 21.0. The molecule has 1 aromatic carbocycles. The molecule has 0 amide bonds.